The summed E-state index contributed by atoms with van der Waals surface area (Å²) in [5, 5.41) is 13.7. The van der Waals surface area contributed by atoms with E-state index in [9.17, 15) is 10.1 Å². The fourth-order valence-electron chi connectivity index (χ4n) is 5.42. The van der Waals surface area contributed by atoms with E-state index in [4.69, 9.17) is 9.98 Å². The first kappa shape index (κ1) is 25.4. The Morgan fingerprint density at radius 2 is 1.74 bits per heavy atom. The fourth-order valence-corrected chi connectivity index (χ4v) is 5.42. The number of nitriles is 1. The molecule has 2 unspecified atom stereocenters. The minimum absolute atomic E-state index is 0.0308. The number of aromatic nitrogens is 1. The summed E-state index contributed by atoms with van der Waals surface area (Å²) in [6.07, 6.45) is 3.27. The van der Waals surface area contributed by atoms with Gasteiger partial charge in [-0.25, -0.2) is 0 Å². The van der Waals surface area contributed by atoms with E-state index in [-0.39, 0.29) is 23.9 Å². The molecule has 38 heavy (non-hydrogen) atoms. The second-order valence-electron chi connectivity index (χ2n) is 9.97. The van der Waals surface area contributed by atoms with Gasteiger partial charge in [-0.3, -0.25) is 14.8 Å². The standard InChI is InChI=1S/C33H32N4O/c1-3-4-12-31-32(33(38)36-22(2)35-31)29(20-27-19-18-25-9-6-8-13-30(25)37-27)24-16-14-23(15-17-24)28-11-7-5-10-26(28)21-34/h5-11,13-19,22,29,32H,3-4,12,20H2,1-2H3,(H,36,38)/t22?,29-,32?/m0/s1. The van der Waals surface area contributed by atoms with Crippen LogP contribution in [-0.2, 0) is 11.2 Å². The van der Waals surface area contributed by atoms with Gasteiger partial charge in [-0.05, 0) is 61.1 Å². The number of benzene rings is 3. The van der Waals surface area contributed by atoms with Crippen LogP contribution in [0.3, 0.4) is 0 Å². The summed E-state index contributed by atoms with van der Waals surface area (Å²) in [5.74, 6) is -0.446. The zero-order chi connectivity index (χ0) is 26.5. The van der Waals surface area contributed by atoms with Crippen molar-refractivity contribution < 1.29 is 4.79 Å². The van der Waals surface area contributed by atoms with E-state index in [2.05, 4.69) is 60.8 Å². The van der Waals surface area contributed by atoms with E-state index < -0.39 is 0 Å². The van der Waals surface area contributed by atoms with Crippen molar-refractivity contribution in [2.75, 3.05) is 0 Å². The SMILES string of the molecule is CCCCC1=NC(C)NC(=O)C1[C@@H](Cc1ccc2ccccc2n1)c1ccc(-c2ccccc2C#N)cc1. The minimum atomic E-state index is -0.358. The molecule has 1 aromatic heterocycles. The van der Waals surface area contributed by atoms with E-state index in [1.165, 1.54) is 0 Å². The van der Waals surface area contributed by atoms with E-state index in [0.29, 0.717) is 12.0 Å². The zero-order valence-electron chi connectivity index (χ0n) is 21.9. The number of amides is 1. The van der Waals surface area contributed by atoms with Crippen LogP contribution in [0.2, 0.25) is 0 Å². The molecule has 5 rings (SSSR count). The summed E-state index contributed by atoms with van der Waals surface area (Å²) >= 11 is 0. The third kappa shape index (κ3) is 5.35. The molecule has 1 aliphatic heterocycles. The van der Waals surface area contributed by atoms with Crippen molar-refractivity contribution in [2.45, 2.75) is 51.6 Å². The molecule has 5 heteroatoms. The number of pyridine rings is 1. The third-order valence-electron chi connectivity index (χ3n) is 7.32. The molecule has 0 radical (unpaired) electrons. The minimum Gasteiger partial charge on any atom is -0.334 e. The maximum Gasteiger partial charge on any atom is 0.231 e. The summed E-state index contributed by atoms with van der Waals surface area (Å²) in [6, 6.07) is 30.5. The molecule has 1 aliphatic rings. The molecule has 190 valence electrons. The molecule has 0 saturated carbocycles. The van der Waals surface area contributed by atoms with Gasteiger partial charge in [0.25, 0.3) is 0 Å². The van der Waals surface area contributed by atoms with Gasteiger partial charge < -0.3 is 5.32 Å². The average Bonchev–Trinajstić information content (AvgIpc) is 2.95. The van der Waals surface area contributed by atoms with Crippen LogP contribution in [0, 0.1) is 17.2 Å². The zero-order valence-corrected chi connectivity index (χ0v) is 21.9. The number of para-hydroxylation sites is 1. The number of fused-ring (bicyclic) bond motifs is 1. The van der Waals surface area contributed by atoms with E-state index in [1.54, 1.807) is 0 Å². The number of hydrogen-bond donors (Lipinski definition) is 1. The van der Waals surface area contributed by atoms with Crippen LogP contribution in [0.4, 0.5) is 0 Å². The van der Waals surface area contributed by atoms with E-state index in [1.807, 2.05) is 49.4 Å². The lowest BCUT2D eigenvalue weighted by molar-refractivity contribution is -0.124. The first-order valence-corrected chi connectivity index (χ1v) is 13.4. The van der Waals surface area contributed by atoms with Gasteiger partial charge in [0, 0.05) is 22.7 Å². The van der Waals surface area contributed by atoms with Crippen molar-refractivity contribution in [1.82, 2.24) is 10.3 Å². The Balaban J connectivity index is 1.56. The summed E-state index contributed by atoms with van der Waals surface area (Å²) < 4.78 is 0. The van der Waals surface area contributed by atoms with Crippen molar-refractivity contribution in [1.29, 1.82) is 5.26 Å². The average molecular weight is 501 g/mol. The van der Waals surface area contributed by atoms with Crippen molar-refractivity contribution in [3.8, 4) is 17.2 Å². The molecule has 4 aromatic rings. The van der Waals surface area contributed by atoms with Crippen molar-refractivity contribution in [2.24, 2.45) is 10.9 Å². The predicted octanol–water partition coefficient (Wildman–Crippen LogP) is 6.82. The number of nitrogens with zero attached hydrogens (tertiary/aromatic N) is 3. The van der Waals surface area contributed by atoms with Crippen LogP contribution < -0.4 is 5.32 Å². The molecule has 2 heterocycles. The number of rotatable bonds is 8. The van der Waals surface area contributed by atoms with Gasteiger partial charge in [0.15, 0.2) is 0 Å². The Hall–Kier alpha value is -4.30. The van der Waals surface area contributed by atoms with Gasteiger partial charge in [0.2, 0.25) is 5.91 Å². The van der Waals surface area contributed by atoms with Crippen LogP contribution in [0.5, 0.6) is 0 Å². The topological polar surface area (TPSA) is 78.1 Å². The Morgan fingerprint density at radius 1 is 0.974 bits per heavy atom. The normalized spacial score (nSPS) is 17.9. The van der Waals surface area contributed by atoms with Crippen LogP contribution in [0.15, 0.2) is 89.9 Å². The summed E-state index contributed by atoms with van der Waals surface area (Å²) in [5.41, 5.74) is 6.48. The second-order valence-corrected chi connectivity index (χ2v) is 9.97. The number of carbonyl (C=O) groups is 1. The Bertz CT molecular complexity index is 1520. The highest BCUT2D eigenvalue weighted by atomic mass is 16.2. The Kier molecular flexibility index (Phi) is 7.60. The highest BCUT2D eigenvalue weighted by Crippen LogP contribution is 2.35. The van der Waals surface area contributed by atoms with Crippen LogP contribution in [0.25, 0.3) is 22.0 Å². The highest BCUT2D eigenvalue weighted by molar-refractivity contribution is 6.06. The molecule has 0 bridgehead atoms. The fraction of sp³-hybridized carbons (Fsp3) is 0.273. The van der Waals surface area contributed by atoms with Crippen LogP contribution in [-0.4, -0.2) is 22.8 Å². The second kappa shape index (κ2) is 11.4. The summed E-state index contributed by atoms with van der Waals surface area (Å²) in [7, 11) is 0. The molecular weight excluding hydrogens is 468 g/mol. The lowest BCUT2D eigenvalue weighted by atomic mass is 9.77. The molecule has 0 aliphatic carbocycles. The van der Waals surface area contributed by atoms with Crippen molar-refractivity contribution in [3.05, 3.63) is 102 Å². The maximum absolute atomic E-state index is 13.5. The van der Waals surface area contributed by atoms with Gasteiger partial charge in [-0.15, -0.1) is 0 Å². The largest absolute Gasteiger partial charge is 0.334 e. The third-order valence-corrected chi connectivity index (χ3v) is 7.32. The molecule has 5 nitrogen and oxygen atoms in total. The monoisotopic (exact) mass is 500 g/mol. The van der Waals surface area contributed by atoms with E-state index in [0.717, 1.165) is 58.3 Å². The number of aliphatic imine (C=N–C) groups is 1. The van der Waals surface area contributed by atoms with Crippen LogP contribution >= 0.6 is 0 Å². The highest BCUT2D eigenvalue weighted by Gasteiger charge is 2.37. The number of nitrogens with one attached hydrogen (secondary N) is 1. The molecule has 3 atom stereocenters. The predicted molar refractivity (Wildman–Crippen MR) is 153 cm³/mol. The lowest BCUT2D eigenvalue weighted by Gasteiger charge is -2.33. The molecule has 0 fully saturated rings. The maximum atomic E-state index is 13.5. The van der Waals surface area contributed by atoms with Crippen molar-refractivity contribution in [3.63, 3.8) is 0 Å². The molecule has 0 spiro atoms. The first-order chi connectivity index (χ1) is 18.6. The van der Waals surface area contributed by atoms with E-state index >= 15 is 0 Å². The van der Waals surface area contributed by atoms with Gasteiger partial charge in [0.05, 0.1) is 23.1 Å². The molecule has 0 saturated heterocycles. The lowest BCUT2D eigenvalue weighted by Crippen LogP contribution is -2.47. The molecule has 1 amide bonds. The summed E-state index contributed by atoms with van der Waals surface area (Å²) in [6.45, 7) is 4.09. The Morgan fingerprint density at radius 3 is 2.53 bits per heavy atom. The number of hydrogen-bond acceptors (Lipinski definition) is 4. The Labute approximate surface area is 224 Å². The van der Waals surface area contributed by atoms with Gasteiger partial charge >= 0.3 is 0 Å². The molecular formula is C33H32N4O. The number of carbonyl (C=O) groups excluding carboxylic acids is 1. The van der Waals surface area contributed by atoms with Crippen molar-refractivity contribution >= 4 is 22.5 Å². The molecule has 3 aromatic carbocycles. The van der Waals surface area contributed by atoms with Gasteiger partial charge in [-0.2, -0.15) is 5.26 Å². The first-order valence-electron chi connectivity index (χ1n) is 13.4. The molecule has 1 N–H and O–H groups in total. The van der Waals surface area contributed by atoms with Gasteiger partial charge in [0.1, 0.15) is 6.17 Å². The number of unbranched alkanes of at least 4 members (excludes halogenated alkanes) is 1. The quantitative estimate of drug-likeness (QED) is 0.288. The summed E-state index contributed by atoms with van der Waals surface area (Å²) in [4.78, 5) is 23.4. The van der Waals surface area contributed by atoms with Gasteiger partial charge in [-0.1, -0.05) is 80.1 Å². The smallest absolute Gasteiger partial charge is 0.231 e. The van der Waals surface area contributed by atoms with Crippen LogP contribution in [0.1, 0.15) is 55.8 Å².